The molecule has 0 spiro atoms. The fourth-order valence-electron chi connectivity index (χ4n) is 4.50. The number of halogens is 1. The number of amides is 1. The Hall–Kier alpha value is -2.17. The topological polar surface area (TPSA) is 49.0 Å². The van der Waals surface area contributed by atoms with Gasteiger partial charge in [0.05, 0.1) is 6.20 Å². The van der Waals surface area contributed by atoms with E-state index in [-0.39, 0.29) is 11.7 Å². The molecule has 2 aromatic rings. The van der Waals surface area contributed by atoms with E-state index >= 15 is 0 Å². The summed E-state index contributed by atoms with van der Waals surface area (Å²) in [5.41, 5.74) is 3.04. The van der Waals surface area contributed by atoms with Crippen molar-refractivity contribution < 1.29 is 9.18 Å². The van der Waals surface area contributed by atoms with Gasteiger partial charge in [-0.2, -0.15) is 5.10 Å². The SMILES string of the molecule is O=C(CC1CCCC1)N1CCC[C@H](c2[nH]ncc2-c2ccc(F)cc2)C1. The molecule has 1 aliphatic carbocycles. The zero-order valence-corrected chi connectivity index (χ0v) is 15.1. The van der Waals surface area contributed by atoms with Gasteiger partial charge in [0.1, 0.15) is 5.82 Å². The average Bonchev–Trinajstić information content (AvgIpc) is 3.34. The second-order valence-electron chi connectivity index (χ2n) is 7.74. The minimum Gasteiger partial charge on any atom is -0.342 e. The first-order valence-electron chi connectivity index (χ1n) is 9.77. The highest BCUT2D eigenvalue weighted by atomic mass is 19.1. The Morgan fingerprint density at radius 1 is 1.15 bits per heavy atom. The molecular formula is C21H26FN3O. The number of aromatic nitrogens is 2. The molecule has 2 fully saturated rings. The molecule has 0 radical (unpaired) electrons. The molecule has 1 amide bonds. The minimum absolute atomic E-state index is 0.236. The van der Waals surface area contributed by atoms with Crippen LogP contribution in [-0.2, 0) is 4.79 Å². The number of hydrogen-bond acceptors (Lipinski definition) is 2. The van der Waals surface area contributed by atoms with Gasteiger partial charge in [-0.25, -0.2) is 4.39 Å². The van der Waals surface area contributed by atoms with Crippen LogP contribution in [0.5, 0.6) is 0 Å². The summed E-state index contributed by atoms with van der Waals surface area (Å²) < 4.78 is 13.2. The van der Waals surface area contributed by atoms with Crippen LogP contribution in [0.3, 0.4) is 0 Å². The van der Waals surface area contributed by atoms with Crippen LogP contribution >= 0.6 is 0 Å². The van der Waals surface area contributed by atoms with Gasteiger partial charge in [-0.3, -0.25) is 9.89 Å². The van der Waals surface area contributed by atoms with Gasteiger partial charge >= 0.3 is 0 Å². The lowest BCUT2D eigenvalue weighted by atomic mass is 9.90. The molecule has 26 heavy (non-hydrogen) atoms. The van der Waals surface area contributed by atoms with Crippen molar-refractivity contribution in [2.45, 2.75) is 50.9 Å². The molecular weight excluding hydrogens is 329 g/mol. The Labute approximate surface area is 153 Å². The van der Waals surface area contributed by atoms with Gasteiger partial charge in [0.2, 0.25) is 5.91 Å². The molecule has 1 atom stereocenters. The van der Waals surface area contributed by atoms with Gasteiger partial charge in [0.15, 0.2) is 0 Å². The average molecular weight is 355 g/mol. The van der Waals surface area contributed by atoms with Crippen LogP contribution in [0.25, 0.3) is 11.1 Å². The van der Waals surface area contributed by atoms with Gasteiger partial charge < -0.3 is 4.90 Å². The van der Waals surface area contributed by atoms with Crippen molar-refractivity contribution in [3.8, 4) is 11.1 Å². The van der Waals surface area contributed by atoms with Crippen LogP contribution in [0, 0.1) is 11.7 Å². The number of likely N-dealkylation sites (tertiary alicyclic amines) is 1. The van der Waals surface area contributed by atoms with Crippen LogP contribution in [0.15, 0.2) is 30.5 Å². The van der Waals surface area contributed by atoms with Gasteiger partial charge in [0.25, 0.3) is 0 Å². The molecule has 1 saturated heterocycles. The van der Waals surface area contributed by atoms with E-state index < -0.39 is 0 Å². The second kappa shape index (κ2) is 7.60. The first-order valence-corrected chi connectivity index (χ1v) is 9.77. The number of hydrogen-bond donors (Lipinski definition) is 1. The predicted molar refractivity (Wildman–Crippen MR) is 99.1 cm³/mol. The van der Waals surface area contributed by atoms with Crippen LogP contribution in [0.4, 0.5) is 4.39 Å². The van der Waals surface area contributed by atoms with Crippen molar-refractivity contribution in [2.75, 3.05) is 13.1 Å². The van der Waals surface area contributed by atoms with E-state index in [0.717, 1.165) is 42.8 Å². The van der Waals surface area contributed by atoms with E-state index in [4.69, 9.17) is 0 Å². The molecule has 0 bridgehead atoms. The van der Waals surface area contributed by atoms with Gasteiger partial charge in [-0.1, -0.05) is 25.0 Å². The molecule has 2 heterocycles. The lowest BCUT2D eigenvalue weighted by molar-refractivity contribution is -0.133. The van der Waals surface area contributed by atoms with Crippen molar-refractivity contribution in [1.29, 1.82) is 0 Å². The maximum Gasteiger partial charge on any atom is 0.222 e. The number of nitrogens with zero attached hydrogens (tertiary/aromatic N) is 2. The van der Waals surface area contributed by atoms with E-state index in [1.165, 1.54) is 37.8 Å². The Morgan fingerprint density at radius 3 is 2.69 bits per heavy atom. The van der Waals surface area contributed by atoms with Crippen molar-refractivity contribution in [1.82, 2.24) is 15.1 Å². The van der Waals surface area contributed by atoms with Crippen LogP contribution in [0.1, 0.15) is 56.6 Å². The number of piperidine rings is 1. The molecule has 0 unspecified atom stereocenters. The van der Waals surface area contributed by atoms with Crippen LogP contribution in [-0.4, -0.2) is 34.1 Å². The van der Waals surface area contributed by atoms with Gasteiger partial charge in [-0.15, -0.1) is 0 Å². The maximum absolute atomic E-state index is 13.2. The summed E-state index contributed by atoms with van der Waals surface area (Å²) >= 11 is 0. The molecule has 1 aromatic heterocycles. The second-order valence-corrected chi connectivity index (χ2v) is 7.74. The van der Waals surface area contributed by atoms with Crippen LogP contribution in [0.2, 0.25) is 0 Å². The molecule has 138 valence electrons. The maximum atomic E-state index is 13.2. The predicted octanol–water partition coefficient (Wildman–Crippen LogP) is 4.50. The summed E-state index contributed by atoms with van der Waals surface area (Å²) in [5, 5.41) is 7.37. The van der Waals surface area contributed by atoms with E-state index in [2.05, 4.69) is 10.2 Å². The largest absolute Gasteiger partial charge is 0.342 e. The number of H-pyrrole nitrogens is 1. The van der Waals surface area contributed by atoms with Crippen LogP contribution < -0.4 is 0 Å². The quantitative estimate of drug-likeness (QED) is 0.878. The Kier molecular flexibility index (Phi) is 5.05. The number of carbonyl (C=O) groups excluding carboxylic acids is 1. The molecule has 1 aromatic carbocycles. The number of nitrogens with one attached hydrogen (secondary N) is 1. The third-order valence-electron chi connectivity index (χ3n) is 5.94. The third kappa shape index (κ3) is 3.67. The summed E-state index contributed by atoms with van der Waals surface area (Å²) in [6.45, 7) is 1.62. The minimum atomic E-state index is -0.236. The highest BCUT2D eigenvalue weighted by molar-refractivity contribution is 5.77. The fraction of sp³-hybridized carbons (Fsp3) is 0.524. The summed E-state index contributed by atoms with van der Waals surface area (Å²) in [5.74, 6) is 0.924. The summed E-state index contributed by atoms with van der Waals surface area (Å²) in [6, 6.07) is 6.53. The number of rotatable bonds is 4. The highest BCUT2D eigenvalue weighted by Crippen LogP contribution is 2.34. The molecule has 5 heteroatoms. The molecule has 2 aliphatic rings. The van der Waals surface area contributed by atoms with Crippen molar-refractivity contribution in [3.05, 3.63) is 42.0 Å². The Balaban J connectivity index is 1.47. The van der Waals surface area contributed by atoms with Gasteiger partial charge in [-0.05, 0) is 49.3 Å². The molecule has 1 N–H and O–H groups in total. The highest BCUT2D eigenvalue weighted by Gasteiger charge is 2.29. The molecule has 1 aliphatic heterocycles. The summed E-state index contributed by atoms with van der Waals surface area (Å²) in [6.07, 6.45) is 9.54. The standard InChI is InChI=1S/C21H26FN3O/c22-18-9-7-16(8-10-18)19-13-23-24-21(19)17-6-3-11-25(14-17)20(26)12-15-4-1-2-5-15/h7-10,13,15,17H,1-6,11-12,14H2,(H,23,24)/t17-/m0/s1. The molecule has 4 nitrogen and oxygen atoms in total. The smallest absolute Gasteiger partial charge is 0.222 e. The van der Waals surface area contributed by atoms with E-state index in [9.17, 15) is 9.18 Å². The van der Waals surface area contributed by atoms with E-state index in [0.29, 0.717) is 18.2 Å². The Bertz CT molecular complexity index is 749. The fourth-order valence-corrected chi connectivity index (χ4v) is 4.50. The van der Waals surface area contributed by atoms with Gasteiger partial charge in [0, 0.05) is 36.7 Å². The zero-order valence-electron chi connectivity index (χ0n) is 15.1. The summed E-state index contributed by atoms with van der Waals surface area (Å²) in [4.78, 5) is 14.8. The van der Waals surface area contributed by atoms with E-state index in [1.807, 2.05) is 11.1 Å². The normalized spacial score (nSPS) is 21.3. The zero-order chi connectivity index (χ0) is 17.9. The number of carbonyl (C=O) groups is 1. The van der Waals surface area contributed by atoms with E-state index in [1.54, 1.807) is 12.1 Å². The monoisotopic (exact) mass is 355 g/mol. The number of benzene rings is 1. The lowest BCUT2D eigenvalue weighted by Crippen LogP contribution is -2.39. The number of aromatic amines is 1. The summed E-state index contributed by atoms with van der Waals surface area (Å²) in [7, 11) is 0. The molecule has 1 saturated carbocycles. The molecule has 4 rings (SSSR count). The van der Waals surface area contributed by atoms with Crippen molar-refractivity contribution >= 4 is 5.91 Å². The lowest BCUT2D eigenvalue weighted by Gasteiger charge is -2.33. The third-order valence-corrected chi connectivity index (χ3v) is 5.94. The first kappa shape index (κ1) is 17.3. The Morgan fingerprint density at radius 2 is 1.92 bits per heavy atom. The first-order chi connectivity index (χ1) is 12.7. The van der Waals surface area contributed by atoms with Crippen molar-refractivity contribution in [3.63, 3.8) is 0 Å². The van der Waals surface area contributed by atoms with Crippen molar-refractivity contribution in [2.24, 2.45) is 5.92 Å².